The molecule has 0 spiro atoms. The fraction of sp³-hybridized carbons (Fsp3) is 0.0476. The molecule has 4 nitrogen and oxygen atoms in total. The molecule has 4 rings (SSSR count). The van der Waals surface area contributed by atoms with Crippen LogP contribution in [0.5, 0.6) is 0 Å². The van der Waals surface area contributed by atoms with Crippen LogP contribution in [0.2, 0.25) is 0 Å². The van der Waals surface area contributed by atoms with Crippen LogP contribution in [0.25, 0.3) is 11.0 Å². The maximum absolute atomic E-state index is 12.3. The van der Waals surface area contributed by atoms with Gasteiger partial charge < -0.3 is 5.73 Å². The Labute approximate surface area is 145 Å². The fourth-order valence-corrected chi connectivity index (χ4v) is 2.57. The zero-order chi connectivity index (χ0) is 17.8. The zero-order valence-corrected chi connectivity index (χ0v) is 13.8. The number of nitrogens with two attached hydrogens (primary N) is 1. The molecule has 0 aliphatic rings. The van der Waals surface area contributed by atoms with Crippen LogP contribution in [0.4, 0.5) is 0 Å². The van der Waals surface area contributed by atoms with Gasteiger partial charge >= 0.3 is 0 Å². The molecule has 2 heterocycles. The first kappa shape index (κ1) is 16.5. The molecule has 2 aromatic carbocycles. The van der Waals surface area contributed by atoms with E-state index in [1.165, 1.54) is 5.56 Å². The van der Waals surface area contributed by atoms with Gasteiger partial charge in [-0.3, -0.25) is 14.2 Å². The molecule has 0 fully saturated rings. The number of rotatable bonds is 2. The van der Waals surface area contributed by atoms with Gasteiger partial charge in [0, 0.05) is 22.2 Å². The molecule has 1 amide bonds. The minimum absolute atomic E-state index is 0.106. The first-order valence-electron chi connectivity index (χ1n) is 7.92. The van der Waals surface area contributed by atoms with Gasteiger partial charge in [-0.1, -0.05) is 35.9 Å². The van der Waals surface area contributed by atoms with E-state index in [0.717, 1.165) is 11.0 Å². The molecule has 0 aliphatic carbocycles. The number of amides is 1. The summed E-state index contributed by atoms with van der Waals surface area (Å²) in [5.41, 5.74) is 9.14. The van der Waals surface area contributed by atoms with Crippen molar-refractivity contribution < 1.29 is 9.59 Å². The van der Waals surface area contributed by atoms with E-state index < -0.39 is 5.91 Å². The van der Waals surface area contributed by atoms with Crippen LogP contribution in [0.1, 0.15) is 26.3 Å². The average molecular weight is 330 g/mol. The molecule has 0 atom stereocenters. The van der Waals surface area contributed by atoms with E-state index >= 15 is 0 Å². The highest BCUT2D eigenvalue weighted by Gasteiger charge is 2.14. The molecule has 2 bridgehead atoms. The molecule has 0 aliphatic heterocycles. The predicted octanol–water partition coefficient (Wildman–Crippen LogP) is 3.86. The molecular formula is C21H18N2O2. The van der Waals surface area contributed by atoms with Gasteiger partial charge in [0.05, 0.1) is 0 Å². The third-order valence-electron chi connectivity index (χ3n) is 3.93. The first-order valence-corrected chi connectivity index (χ1v) is 7.92. The zero-order valence-electron chi connectivity index (χ0n) is 13.8. The summed E-state index contributed by atoms with van der Waals surface area (Å²) in [6.07, 6.45) is 0. The summed E-state index contributed by atoms with van der Waals surface area (Å²) >= 11 is 0. The molecule has 0 unspecified atom stereocenters. The number of aryl methyl sites for hydroxylation is 1. The van der Waals surface area contributed by atoms with Crippen molar-refractivity contribution in [1.82, 2.24) is 4.57 Å². The number of benzene rings is 3. The summed E-state index contributed by atoms with van der Waals surface area (Å²) in [5, 5.41) is 0. The lowest BCUT2D eigenvalue weighted by atomic mass is 10.1. The Balaban J connectivity index is 0.000000219. The van der Waals surface area contributed by atoms with E-state index in [-0.39, 0.29) is 5.91 Å². The van der Waals surface area contributed by atoms with Crippen LogP contribution in [-0.2, 0) is 0 Å². The second-order valence-electron chi connectivity index (χ2n) is 5.75. The number of carbonyl (C=O) groups excluding carboxylic acids is 2. The Morgan fingerprint density at radius 3 is 1.60 bits per heavy atom. The highest BCUT2D eigenvalue weighted by molar-refractivity contribution is 6.03. The highest BCUT2D eigenvalue weighted by Crippen LogP contribution is 2.19. The number of hydrogen-bond donors (Lipinski definition) is 1. The van der Waals surface area contributed by atoms with E-state index in [9.17, 15) is 9.59 Å². The van der Waals surface area contributed by atoms with Crippen molar-refractivity contribution in [3.05, 3.63) is 95.6 Å². The van der Waals surface area contributed by atoms with Crippen LogP contribution in [0, 0.1) is 6.92 Å². The minimum Gasteiger partial charge on any atom is -0.366 e. The van der Waals surface area contributed by atoms with Crippen LogP contribution >= 0.6 is 0 Å². The van der Waals surface area contributed by atoms with Crippen molar-refractivity contribution in [3.63, 3.8) is 0 Å². The van der Waals surface area contributed by atoms with Gasteiger partial charge in [-0.15, -0.1) is 0 Å². The summed E-state index contributed by atoms with van der Waals surface area (Å²) < 4.78 is 1.64. The number of carbonyl (C=O) groups is 2. The van der Waals surface area contributed by atoms with Crippen molar-refractivity contribution in [1.29, 1.82) is 0 Å². The third kappa shape index (κ3) is 3.58. The SMILES string of the molecule is Cc1ccccc1.NC(=O)c1ccc(C(=O)n2c3ccc2cc3)cc1. The summed E-state index contributed by atoms with van der Waals surface area (Å²) in [4.78, 5) is 23.2. The molecule has 124 valence electrons. The van der Waals surface area contributed by atoms with Crippen LogP contribution in [0.3, 0.4) is 0 Å². The maximum Gasteiger partial charge on any atom is 0.262 e. The second kappa shape index (κ2) is 7.01. The molecule has 25 heavy (non-hydrogen) atoms. The number of primary amides is 1. The van der Waals surface area contributed by atoms with Crippen molar-refractivity contribution in [2.45, 2.75) is 6.92 Å². The third-order valence-corrected chi connectivity index (χ3v) is 3.93. The molecule has 0 saturated carbocycles. The van der Waals surface area contributed by atoms with E-state index in [0.29, 0.717) is 11.1 Å². The van der Waals surface area contributed by atoms with Crippen molar-refractivity contribution in [2.24, 2.45) is 5.73 Å². The monoisotopic (exact) mass is 330 g/mol. The van der Waals surface area contributed by atoms with Gasteiger partial charge in [-0.25, -0.2) is 0 Å². The number of nitrogens with zero attached hydrogens (tertiary/aromatic N) is 1. The molecule has 2 aromatic heterocycles. The van der Waals surface area contributed by atoms with Crippen LogP contribution < -0.4 is 5.73 Å². The van der Waals surface area contributed by atoms with E-state index in [4.69, 9.17) is 5.73 Å². The smallest absolute Gasteiger partial charge is 0.262 e. The Hall–Kier alpha value is -3.40. The normalized spacial score (nSPS) is 10.3. The molecule has 4 heteroatoms. The molecular weight excluding hydrogens is 312 g/mol. The fourth-order valence-electron chi connectivity index (χ4n) is 2.57. The number of hydrogen-bond acceptors (Lipinski definition) is 2. The van der Waals surface area contributed by atoms with Crippen molar-refractivity contribution in [2.75, 3.05) is 0 Å². The Bertz CT molecular complexity index is 938. The van der Waals surface area contributed by atoms with E-state index in [1.807, 2.05) is 42.5 Å². The molecule has 4 aromatic rings. The Kier molecular flexibility index (Phi) is 4.61. The number of fused-ring (bicyclic) bond motifs is 2. The summed E-state index contributed by atoms with van der Waals surface area (Å²) in [6.45, 7) is 2.08. The maximum atomic E-state index is 12.3. The summed E-state index contributed by atoms with van der Waals surface area (Å²) in [6, 6.07) is 24.2. The standard InChI is InChI=1S/C14H10N2O2.C7H8/c15-13(17)9-1-3-10(4-2-9)14(18)16-11-5-6-12(16)8-7-11;1-7-5-3-2-4-6-7/h1-8H,(H2,15,17);2-6H,1H3. The molecule has 0 radical (unpaired) electrons. The lowest BCUT2D eigenvalue weighted by Crippen LogP contribution is -2.13. The second-order valence-corrected chi connectivity index (χ2v) is 5.75. The van der Waals surface area contributed by atoms with Crippen LogP contribution in [-0.4, -0.2) is 16.4 Å². The van der Waals surface area contributed by atoms with Gasteiger partial charge in [0.15, 0.2) is 0 Å². The predicted molar refractivity (Wildman–Crippen MR) is 99.0 cm³/mol. The van der Waals surface area contributed by atoms with Gasteiger partial charge in [0.2, 0.25) is 5.91 Å². The van der Waals surface area contributed by atoms with Crippen LogP contribution in [0.15, 0.2) is 78.9 Å². The van der Waals surface area contributed by atoms with Gasteiger partial charge in [-0.2, -0.15) is 0 Å². The number of aromatic nitrogens is 1. The topological polar surface area (TPSA) is 65.1 Å². The van der Waals surface area contributed by atoms with Crippen molar-refractivity contribution >= 4 is 22.8 Å². The summed E-state index contributed by atoms with van der Waals surface area (Å²) in [7, 11) is 0. The first-order chi connectivity index (χ1) is 12.1. The van der Waals surface area contributed by atoms with E-state index in [2.05, 4.69) is 19.1 Å². The average Bonchev–Trinajstić information content (AvgIpc) is 3.23. The minimum atomic E-state index is -0.498. The summed E-state index contributed by atoms with van der Waals surface area (Å²) in [5.74, 6) is -0.603. The largest absolute Gasteiger partial charge is 0.366 e. The molecule has 2 N–H and O–H groups in total. The van der Waals surface area contributed by atoms with E-state index in [1.54, 1.807) is 28.8 Å². The molecule has 0 saturated heterocycles. The van der Waals surface area contributed by atoms with Crippen molar-refractivity contribution in [3.8, 4) is 0 Å². The lowest BCUT2D eigenvalue weighted by molar-refractivity contribution is 0.0965. The lowest BCUT2D eigenvalue weighted by Gasteiger charge is -2.03. The van der Waals surface area contributed by atoms with Gasteiger partial charge in [-0.05, 0) is 55.5 Å². The quantitative estimate of drug-likeness (QED) is 0.606. The van der Waals surface area contributed by atoms with Gasteiger partial charge in [0.1, 0.15) is 0 Å². The Morgan fingerprint density at radius 2 is 1.20 bits per heavy atom. The highest BCUT2D eigenvalue weighted by atomic mass is 16.2. The van der Waals surface area contributed by atoms with Gasteiger partial charge in [0.25, 0.3) is 5.91 Å². The Morgan fingerprint density at radius 1 is 0.720 bits per heavy atom.